The average Bonchev–Trinajstić information content (AvgIpc) is 3.17. The SMILES string of the molecule is COC(=O)c1cc(NC(=O)CSc2nnc(-c3ccccn3)n2C)cc(C(=O)OC)c1. The number of benzene rings is 1. The summed E-state index contributed by atoms with van der Waals surface area (Å²) < 4.78 is 11.1. The Morgan fingerprint density at radius 1 is 1.03 bits per heavy atom. The molecule has 160 valence electrons. The van der Waals surface area contributed by atoms with Crippen LogP contribution in [0, 0.1) is 0 Å². The van der Waals surface area contributed by atoms with Gasteiger partial charge < -0.3 is 19.4 Å². The van der Waals surface area contributed by atoms with Gasteiger partial charge in [-0.15, -0.1) is 10.2 Å². The van der Waals surface area contributed by atoms with Gasteiger partial charge in [-0.1, -0.05) is 17.8 Å². The van der Waals surface area contributed by atoms with E-state index in [0.29, 0.717) is 16.7 Å². The summed E-state index contributed by atoms with van der Waals surface area (Å²) in [5, 5.41) is 11.4. The summed E-state index contributed by atoms with van der Waals surface area (Å²) in [5.74, 6) is -1.03. The van der Waals surface area contributed by atoms with Crippen molar-refractivity contribution in [3.8, 4) is 11.5 Å². The van der Waals surface area contributed by atoms with Crippen LogP contribution in [0.25, 0.3) is 11.5 Å². The first-order chi connectivity index (χ1) is 14.9. The van der Waals surface area contributed by atoms with Crippen LogP contribution >= 0.6 is 11.8 Å². The van der Waals surface area contributed by atoms with Crippen LogP contribution in [0.1, 0.15) is 20.7 Å². The van der Waals surface area contributed by atoms with Crippen LogP contribution in [-0.4, -0.2) is 57.6 Å². The Morgan fingerprint density at radius 3 is 2.29 bits per heavy atom. The van der Waals surface area contributed by atoms with Gasteiger partial charge in [0.25, 0.3) is 0 Å². The molecule has 1 aromatic carbocycles. The normalized spacial score (nSPS) is 10.4. The number of rotatable bonds is 7. The molecule has 0 fully saturated rings. The van der Waals surface area contributed by atoms with Crippen molar-refractivity contribution in [2.24, 2.45) is 7.05 Å². The molecule has 0 bridgehead atoms. The number of hydrogen-bond donors (Lipinski definition) is 1. The molecular formula is C20H19N5O5S. The van der Waals surface area contributed by atoms with Gasteiger partial charge in [-0.2, -0.15) is 0 Å². The van der Waals surface area contributed by atoms with Crippen molar-refractivity contribution in [2.45, 2.75) is 5.16 Å². The number of hydrogen-bond acceptors (Lipinski definition) is 9. The lowest BCUT2D eigenvalue weighted by atomic mass is 10.1. The maximum Gasteiger partial charge on any atom is 0.337 e. The quantitative estimate of drug-likeness (QED) is 0.434. The predicted molar refractivity (Wildman–Crippen MR) is 113 cm³/mol. The van der Waals surface area contributed by atoms with Gasteiger partial charge in [0.05, 0.1) is 31.1 Å². The van der Waals surface area contributed by atoms with Crippen molar-refractivity contribution in [3.05, 3.63) is 53.7 Å². The number of pyridine rings is 1. The van der Waals surface area contributed by atoms with Crippen LogP contribution < -0.4 is 5.32 Å². The minimum absolute atomic E-state index is 0.0319. The van der Waals surface area contributed by atoms with Gasteiger partial charge in [-0.3, -0.25) is 9.78 Å². The lowest BCUT2D eigenvalue weighted by Crippen LogP contribution is -2.16. The molecule has 2 heterocycles. The zero-order valence-electron chi connectivity index (χ0n) is 17.0. The third kappa shape index (κ3) is 5.25. The second kappa shape index (κ2) is 9.85. The molecular weight excluding hydrogens is 422 g/mol. The van der Waals surface area contributed by atoms with E-state index in [-0.39, 0.29) is 28.5 Å². The molecule has 2 aromatic heterocycles. The van der Waals surface area contributed by atoms with Gasteiger partial charge in [0.15, 0.2) is 11.0 Å². The molecule has 10 nitrogen and oxygen atoms in total. The highest BCUT2D eigenvalue weighted by Gasteiger charge is 2.16. The van der Waals surface area contributed by atoms with Crippen molar-refractivity contribution in [1.29, 1.82) is 0 Å². The van der Waals surface area contributed by atoms with E-state index >= 15 is 0 Å². The van der Waals surface area contributed by atoms with Crippen LogP contribution in [0.2, 0.25) is 0 Å². The van der Waals surface area contributed by atoms with E-state index in [0.717, 1.165) is 0 Å². The summed E-state index contributed by atoms with van der Waals surface area (Å²) in [6, 6.07) is 9.65. The van der Waals surface area contributed by atoms with Crippen LogP contribution in [0.3, 0.4) is 0 Å². The van der Waals surface area contributed by atoms with E-state index in [2.05, 4.69) is 20.5 Å². The van der Waals surface area contributed by atoms with E-state index in [1.165, 1.54) is 44.2 Å². The van der Waals surface area contributed by atoms with Crippen molar-refractivity contribution in [1.82, 2.24) is 19.7 Å². The molecule has 0 atom stereocenters. The second-order valence-electron chi connectivity index (χ2n) is 6.20. The molecule has 1 N–H and O–H groups in total. The van der Waals surface area contributed by atoms with Crippen molar-refractivity contribution in [2.75, 3.05) is 25.3 Å². The summed E-state index contributed by atoms with van der Waals surface area (Å²) in [4.78, 5) is 40.4. The van der Waals surface area contributed by atoms with Crippen molar-refractivity contribution >= 4 is 35.3 Å². The highest BCUT2D eigenvalue weighted by molar-refractivity contribution is 7.99. The van der Waals surface area contributed by atoms with E-state index in [1.807, 2.05) is 12.1 Å². The van der Waals surface area contributed by atoms with E-state index in [1.54, 1.807) is 23.9 Å². The molecule has 3 aromatic rings. The fraction of sp³-hybridized carbons (Fsp3) is 0.200. The van der Waals surface area contributed by atoms with E-state index < -0.39 is 11.9 Å². The Kier molecular flexibility index (Phi) is 6.98. The third-order valence-corrected chi connectivity index (χ3v) is 5.14. The molecule has 0 aliphatic rings. The molecule has 0 radical (unpaired) electrons. The minimum atomic E-state index is -0.642. The molecule has 0 aliphatic heterocycles. The number of aromatic nitrogens is 4. The molecule has 11 heteroatoms. The summed E-state index contributed by atoms with van der Waals surface area (Å²) >= 11 is 1.19. The Labute approximate surface area is 182 Å². The number of thioether (sulfide) groups is 1. The van der Waals surface area contributed by atoms with Gasteiger partial charge in [-0.05, 0) is 30.3 Å². The lowest BCUT2D eigenvalue weighted by Gasteiger charge is -2.09. The monoisotopic (exact) mass is 441 g/mol. The number of carbonyl (C=O) groups is 3. The van der Waals surface area contributed by atoms with E-state index in [4.69, 9.17) is 9.47 Å². The summed E-state index contributed by atoms with van der Waals surface area (Å²) in [5.41, 5.74) is 1.16. The third-order valence-electron chi connectivity index (χ3n) is 4.12. The first-order valence-electron chi connectivity index (χ1n) is 8.98. The number of amides is 1. The molecule has 0 unspecified atom stereocenters. The van der Waals surface area contributed by atoms with Crippen LogP contribution in [0.15, 0.2) is 47.8 Å². The Hall–Kier alpha value is -3.73. The summed E-state index contributed by atoms with van der Waals surface area (Å²) in [6.45, 7) is 0. The summed E-state index contributed by atoms with van der Waals surface area (Å²) in [7, 11) is 4.23. The Balaban J connectivity index is 1.71. The minimum Gasteiger partial charge on any atom is -0.465 e. The van der Waals surface area contributed by atoms with Gasteiger partial charge in [0, 0.05) is 18.9 Å². The fourth-order valence-corrected chi connectivity index (χ4v) is 3.37. The topological polar surface area (TPSA) is 125 Å². The Morgan fingerprint density at radius 2 is 1.71 bits per heavy atom. The number of carbonyl (C=O) groups excluding carboxylic acids is 3. The number of nitrogens with zero attached hydrogens (tertiary/aromatic N) is 4. The second-order valence-corrected chi connectivity index (χ2v) is 7.14. The zero-order valence-corrected chi connectivity index (χ0v) is 17.8. The number of methoxy groups -OCH3 is 2. The average molecular weight is 441 g/mol. The number of esters is 2. The van der Waals surface area contributed by atoms with Gasteiger partial charge in [0.2, 0.25) is 5.91 Å². The van der Waals surface area contributed by atoms with Crippen molar-refractivity contribution in [3.63, 3.8) is 0 Å². The van der Waals surface area contributed by atoms with Gasteiger partial charge in [-0.25, -0.2) is 9.59 Å². The van der Waals surface area contributed by atoms with E-state index in [9.17, 15) is 14.4 Å². The highest BCUT2D eigenvalue weighted by atomic mass is 32.2. The maximum absolute atomic E-state index is 12.4. The zero-order chi connectivity index (χ0) is 22.4. The standard InChI is InChI=1S/C20H19N5O5S/c1-25-17(15-6-4-5-7-21-15)23-24-20(25)31-11-16(26)22-14-9-12(18(27)29-2)8-13(10-14)19(28)30-3/h4-10H,11H2,1-3H3,(H,22,26). The highest BCUT2D eigenvalue weighted by Crippen LogP contribution is 2.22. The molecule has 0 aliphatic carbocycles. The lowest BCUT2D eigenvalue weighted by molar-refractivity contribution is -0.113. The molecule has 31 heavy (non-hydrogen) atoms. The smallest absolute Gasteiger partial charge is 0.337 e. The first-order valence-corrected chi connectivity index (χ1v) is 9.96. The van der Waals surface area contributed by atoms with Crippen LogP contribution in [0.4, 0.5) is 5.69 Å². The largest absolute Gasteiger partial charge is 0.465 e. The molecule has 0 saturated heterocycles. The van der Waals surface area contributed by atoms with Crippen LogP contribution in [0.5, 0.6) is 0 Å². The molecule has 0 saturated carbocycles. The number of nitrogens with one attached hydrogen (secondary N) is 1. The van der Waals surface area contributed by atoms with Gasteiger partial charge >= 0.3 is 11.9 Å². The molecule has 0 spiro atoms. The molecule has 3 rings (SSSR count). The van der Waals surface area contributed by atoms with Gasteiger partial charge in [0.1, 0.15) is 5.69 Å². The fourth-order valence-electron chi connectivity index (χ4n) is 2.66. The number of anilines is 1. The molecule has 1 amide bonds. The maximum atomic E-state index is 12.4. The summed E-state index contributed by atoms with van der Waals surface area (Å²) in [6.07, 6.45) is 1.66. The Bertz CT molecular complexity index is 1080. The van der Waals surface area contributed by atoms with Crippen molar-refractivity contribution < 1.29 is 23.9 Å². The predicted octanol–water partition coefficient (Wildman–Crippen LogP) is 2.18. The number of ether oxygens (including phenoxy) is 2. The first kappa shape index (κ1) is 22.0. The van der Waals surface area contributed by atoms with Crippen LogP contribution in [-0.2, 0) is 21.3 Å².